The largest absolute Gasteiger partial charge is 0.465 e. The molecule has 7 heteroatoms. The fourth-order valence-corrected chi connectivity index (χ4v) is 3.81. The zero-order valence-corrected chi connectivity index (χ0v) is 14.9. The van der Waals surface area contributed by atoms with Gasteiger partial charge in [0.15, 0.2) is 0 Å². The zero-order chi connectivity index (χ0) is 17.3. The Morgan fingerprint density at radius 1 is 1.04 bits per heavy atom. The molecule has 23 heavy (non-hydrogen) atoms. The molecule has 130 valence electrons. The maximum absolute atomic E-state index is 12.5. The lowest BCUT2D eigenvalue weighted by atomic mass is 10.1. The third kappa shape index (κ3) is 6.83. The van der Waals surface area contributed by atoms with Crippen LogP contribution in [0.15, 0.2) is 24.3 Å². The van der Waals surface area contributed by atoms with E-state index >= 15 is 0 Å². The molecule has 1 unspecified atom stereocenters. The predicted molar refractivity (Wildman–Crippen MR) is 89.3 cm³/mol. The van der Waals surface area contributed by atoms with E-state index in [0.717, 1.165) is 11.1 Å². The van der Waals surface area contributed by atoms with Gasteiger partial charge in [0.05, 0.1) is 26.0 Å². The maximum atomic E-state index is 12.5. The van der Waals surface area contributed by atoms with Crippen molar-refractivity contribution in [3.63, 3.8) is 0 Å². The van der Waals surface area contributed by atoms with Crippen LogP contribution in [0.4, 0.5) is 0 Å². The summed E-state index contributed by atoms with van der Waals surface area (Å²) < 4.78 is 27.9. The maximum Gasteiger partial charge on any atom is 0.335 e. The molecule has 1 aromatic rings. The number of hydrogen-bond acceptors (Lipinski definition) is 6. The van der Waals surface area contributed by atoms with Crippen molar-refractivity contribution < 1.29 is 23.1 Å². The van der Waals surface area contributed by atoms with Gasteiger partial charge in [0.2, 0.25) is 0 Å². The summed E-state index contributed by atoms with van der Waals surface area (Å²) in [7, 11) is -3.11. The average molecular weight is 343 g/mol. The first-order valence-electron chi connectivity index (χ1n) is 7.82. The van der Waals surface area contributed by atoms with Crippen molar-refractivity contribution >= 4 is 13.6 Å². The first-order valence-corrected chi connectivity index (χ1v) is 9.55. The Morgan fingerprint density at radius 2 is 1.57 bits per heavy atom. The van der Waals surface area contributed by atoms with Crippen molar-refractivity contribution in [2.24, 2.45) is 5.73 Å². The lowest BCUT2D eigenvalue weighted by molar-refractivity contribution is -0.144. The van der Waals surface area contributed by atoms with Gasteiger partial charge in [0, 0.05) is 0 Å². The average Bonchev–Trinajstić information content (AvgIpc) is 2.49. The van der Waals surface area contributed by atoms with E-state index in [1.807, 2.05) is 24.3 Å². The number of ether oxygens (including phenoxy) is 1. The van der Waals surface area contributed by atoms with Crippen LogP contribution in [0.3, 0.4) is 0 Å². The molecule has 0 saturated carbocycles. The molecule has 0 aliphatic rings. The van der Waals surface area contributed by atoms with Gasteiger partial charge in [0.25, 0.3) is 0 Å². The van der Waals surface area contributed by atoms with E-state index in [1.165, 1.54) is 0 Å². The van der Waals surface area contributed by atoms with E-state index in [9.17, 15) is 9.36 Å². The summed E-state index contributed by atoms with van der Waals surface area (Å²) in [5, 5.41) is 0. The third-order valence-corrected chi connectivity index (χ3v) is 5.15. The van der Waals surface area contributed by atoms with Crippen LogP contribution in [0.1, 0.15) is 31.9 Å². The van der Waals surface area contributed by atoms with Gasteiger partial charge >= 0.3 is 13.6 Å². The fourth-order valence-electron chi connectivity index (χ4n) is 2.11. The van der Waals surface area contributed by atoms with Crippen LogP contribution < -0.4 is 5.73 Å². The Morgan fingerprint density at radius 3 is 2.04 bits per heavy atom. The summed E-state index contributed by atoms with van der Waals surface area (Å²) in [6, 6.07) is 6.72. The van der Waals surface area contributed by atoms with E-state index in [2.05, 4.69) is 0 Å². The second-order valence-electron chi connectivity index (χ2n) is 4.98. The van der Waals surface area contributed by atoms with Crippen molar-refractivity contribution in [2.75, 3.05) is 19.8 Å². The number of carbonyl (C=O) groups excluding carboxylic acids is 1. The first kappa shape index (κ1) is 19.8. The summed E-state index contributed by atoms with van der Waals surface area (Å²) in [5.41, 5.74) is 7.56. The van der Waals surface area contributed by atoms with Crippen molar-refractivity contribution in [3.05, 3.63) is 35.4 Å². The van der Waals surface area contributed by atoms with Gasteiger partial charge in [-0.05, 0) is 38.3 Å². The number of nitrogens with two attached hydrogens (primary N) is 1. The molecular weight excluding hydrogens is 317 g/mol. The Hall–Kier alpha value is -1.20. The molecule has 2 N–H and O–H groups in total. The lowest BCUT2D eigenvalue weighted by Gasteiger charge is -2.17. The van der Waals surface area contributed by atoms with Crippen LogP contribution in [-0.4, -0.2) is 31.8 Å². The van der Waals surface area contributed by atoms with Crippen LogP contribution in [0.5, 0.6) is 0 Å². The minimum atomic E-state index is -3.11. The number of carbonyl (C=O) groups is 1. The highest BCUT2D eigenvalue weighted by atomic mass is 31.2. The minimum absolute atomic E-state index is 0.221. The fraction of sp³-hybridized carbons (Fsp3) is 0.562. The third-order valence-electron chi connectivity index (χ3n) is 3.10. The van der Waals surface area contributed by atoms with E-state index < -0.39 is 19.6 Å². The predicted octanol–water partition coefficient (Wildman–Crippen LogP) is 2.89. The van der Waals surface area contributed by atoms with Crippen LogP contribution in [0.2, 0.25) is 0 Å². The summed E-state index contributed by atoms with van der Waals surface area (Å²) in [6.07, 6.45) is 0.618. The normalized spacial score (nSPS) is 12.9. The minimum Gasteiger partial charge on any atom is -0.465 e. The van der Waals surface area contributed by atoms with E-state index in [4.69, 9.17) is 19.5 Å². The number of rotatable bonds is 10. The van der Waals surface area contributed by atoms with Crippen LogP contribution >= 0.6 is 7.60 Å². The number of esters is 1. The van der Waals surface area contributed by atoms with E-state index in [-0.39, 0.29) is 6.16 Å². The van der Waals surface area contributed by atoms with Gasteiger partial charge in [-0.25, -0.2) is 0 Å². The molecule has 0 saturated heterocycles. The van der Waals surface area contributed by atoms with Gasteiger partial charge in [-0.3, -0.25) is 9.36 Å². The smallest absolute Gasteiger partial charge is 0.335 e. The highest BCUT2D eigenvalue weighted by molar-refractivity contribution is 7.53. The first-order chi connectivity index (χ1) is 10.9. The molecule has 6 nitrogen and oxygen atoms in total. The Balaban J connectivity index is 2.69. The molecule has 0 heterocycles. The molecule has 1 aromatic carbocycles. The van der Waals surface area contributed by atoms with Crippen molar-refractivity contribution in [2.45, 2.75) is 39.4 Å². The van der Waals surface area contributed by atoms with Crippen molar-refractivity contribution in [3.8, 4) is 0 Å². The molecule has 1 atom stereocenters. The van der Waals surface area contributed by atoms with E-state index in [0.29, 0.717) is 26.2 Å². The molecule has 0 spiro atoms. The summed E-state index contributed by atoms with van der Waals surface area (Å²) >= 11 is 0. The highest BCUT2D eigenvalue weighted by Gasteiger charge is 2.24. The topological polar surface area (TPSA) is 87.9 Å². The van der Waals surface area contributed by atoms with E-state index in [1.54, 1.807) is 20.8 Å². The molecule has 0 aliphatic carbocycles. The van der Waals surface area contributed by atoms with Crippen LogP contribution in [0.25, 0.3) is 0 Å². The Kier molecular flexibility index (Phi) is 8.48. The lowest BCUT2D eigenvalue weighted by Crippen LogP contribution is -2.34. The van der Waals surface area contributed by atoms with Gasteiger partial charge < -0.3 is 19.5 Å². The van der Waals surface area contributed by atoms with Crippen molar-refractivity contribution in [1.82, 2.24) is 0 Å². The Labute approximate surface area is 137 Å². The molecule has 0 aliphatic heterocycles. The summed E-state index contributed by atoms with van der Waals surface area (Å²) in [6.45, 7) is 6.30. The standard InChI is InChI=1S/C16H26NO5P/c1-4-20-16(18)15(17)11-13-7-9-14(10-8-13)12-23(19,21-5-2)22-6-3/h7-10,15H,4-6,11-12,17H2,1-3H3. The molecule has 0 fully saturated rings. The SMILES string of the molecule is CCOC(=O)C(N)Cc1ccc(CP(=O)(OCC)OCC)cc1. The number of benzene rings is 1. The molecule has 0 radical (unpaired) electrons. The molecule has 0 aromatic heterocycles. The summed E-state index contributed by atoms with van der Waals surface area (Å²) in [4.78, 5) is 11.5. The molecular formula is C16H26NO5P. The second kappa shape index (κ2) is 9.83. The Bertz CT molecular complexity index is 522. The van der Waals surface area contributed by atoms with Crippen LogP contribution in [-0.2, 0) is 35.7 Å². The molecule has 0 amide bonds. The van der Waals surface area contributed by atoms with Gasteiger partial charge in [-0.1, -0.05) is 24.3 Å². The number of hydrogen-bond donors (Lipinski definition) is 1. The zero-order valence-electron chi connectivity index (χ0n) is 14.0. The quantitative estimate of drug-likeness (QED) is 0.519. The monoisotopic (exact) mass is 343 g/mol. The highest BCUT2D eigenvalue weighted by Crippen LogP contribution is 2.51. The van der Waals surface area contributed by atoms with Gasteiger partial charge in [-0.2, -0.15) is 0 Å². The van der Waals surface area contributed by atoms with Crippen LogP contribution in [0, 0.1) is 0 Å². The van der Waals surface area contributed by atoms with Crippen molar-refractivity contribution in [1.29, 1.82) is 0 Å². The molecule has 1 rings (SSSR count). The summed E-state index contributed by atoms with van der Waals surface area (Å²) in [5.74, 6) is -0.409. The van der Waals surface area contributed by atoms with Gasteiger partial charge in [-0.15, -0.1) is 0 Å². The van der Waals surface area contributed by atoms with Gasteiger partial charge in [0.1, 0.15) is 6.04 Å². The molecule has 0 bridgehead atoms. The second-order valence-corrected chi connectivity index (χ2v) is 7.04.